The first-order valence-corrected chi connectivity index (χ1v) is 7.37. The molecule has 3 heteroatoms. The maximum atomic E-state index is 13.1. The summed E-state index contributed by atoms with van der Waals surface area (Å²) in [4.78, 5) is 13.1. The van der Waals surface area contributed by atoms with Gasteiger partial charge in [-0.25, -0.2) is 0 Å². The van der Waals surface area contributed by atoms with Crippen LogP contribution >= 0.6 is 0 Å². The van der Waals surface area contributed by atoms with Gasteiger partial charge < -0.3 is 9.47 Å². The highest BCUT2D eigenvalue weighted by Crippen LogP contribution is 2.47. The average molecular weight is 296 g/mol. The fourth-order valence-corrected chi connectivity index (χ4v) is 3.44. The molecule has 1 aliphatic carbocycles. The van der Waals surface area contributed by atoms with E-state index in [0.29, 0.717) is 17.9 Å². The van der Waals surface area contributed by atoms with Crippen LogP contribution in [-0.2, 0) is 11.8 Å². The molecule has 114 valence electrons. The molecule has 0 N–H and O–H groups in total. The van der Waals surface area contributed by atoms with Crippen LogP contribution in [0.2, 0.25) is 0 Å². The zero-order chi connectivity index (χ0) is 15.9. The lowest BCUT2D eigenvalue weighted by molar-refractivity contribution is 0.0915. The van der Waals surface area contributed by atoms with E-state index in [0.717, 1.165) is 22.3 Å². The zero-order valence-electron chi connectivity index (χ0n) is 13.4. The predicted octanol–water partition coefficient (Wildman–Crippen LogP) is 3.71. The summed E-state index contributed by atoms with van der Waals surface area (Å²) >= 11 is 0. The van der Waals surface area contributed by atoms with Gasteiger partial charge in [-0.3, -0.25) is 4.79 Å². The molecule has 0 radical (unpaired) electrons. The Morgan fingerprint density at radius 2 is 1.77 bits per heavy atom. The lowest BCUT2D eigenvalue weighted by Crippen LogP contribution is -2.29. The number of fused-ring (bicyclic) bond motifs is 1. The summed E-state index contributed by atoms with van der Waals surface area (Å²) in [6.07, 6.45) is 0.631. The standard InChI is InChI=1S/C19H20O3/c1-12-10-15(21-3)17(22-4)14-11-19(2,18(20)16(12)14)13-8-6-5-7-9-13/h5-10H,11H2,1-4H3. The molecular weight excluding hydrogens is 276 g/mol. The molecule has 0 aromatic heterocycles. The Hall–Kier alpha value is -2.29. The summed E-state index contributed by atoms with van der Waals surface area (Å²) in [7, 11) is 3.24. The van der Waals surface area contributed by atoms with Gasteiger partial charge in [-0.2, -0.15) is 0 Å². The predicted molar refractivity (Wildman–Crippen MR) is 86.1 cm³/mol. The third-order valence-corrected chi connectivity index (χ3v) is 4.64. The quantitative estimate of drug-likeness (QED) is 0.866. The number of benzene rings is 2. The van der Waals surface area contributed by atoms with Crippen molar-refractivity contribution in [2.24, 2.45) is 0 Å². The van der Waals surface area contributed by atoms with Crippen LogP contribution < -0.4 is 9.47 Å². The van der Waals surface area contributed by atoms with Crippen molar-refractivity contribution in [2.75, 3.05) is 14.2 Å². The fraction of sp³-hybridized carbons (Fsp3) is 0.316. The molecule has 2 aromatic rings. The molecule has 0 heterocycles. The normalized spacial score (nSPS) is 19.9. The van der Waals surface area contributed by atoms with Crippen molar-refractivity contribution in [3.8, 4) is 11.5 Å². The number of carbonyl (C=O) groups is 1. The molecule has 1 aliphatic rings. The SMILES string of the molecule is COc1cc(C)c2c(c1OC)CC(C)(c1ccccc1)C2=O. The van der Waals surface area contributed by atoms with E-state index in [2.05, 4.69) is 0 Å². The van der Waals surface area contributed by atoms with Crippen LogP contribution in [0.3, 0.4) is 0 Å². The van der Waals surface area contributed by atoms with Crippen LogP contribution in [0.25, 0.3) is 0 Å². The molecule has 22 heavy (non-hydrogen) atoms. The second-order valence-electron chi connectivity index (χ2n) is 5.99. The van der Waals surface area contributed by atoms with Crippen molar-refractivity contribution >= 4 is 5.78 Å². The molecule has 1 atom stereocenters. The molecule has 0 saturated heterocycles. The van der Waals surface area contributed by atoms with E-state index in [1.165, 1.54) is 0 Å². The number of ketones is 1. The van der Waals surface area contributed by atoms with E-state index < -0.39 is 5.41 Å². The molecule has 3 nitrogen and oxygen atoms in total. The largest absolute Gasteiger partial charge is 0.493 e. The van der Waals surface area contributed by atoms with Crippen LogP contribution in [0.15, 0.2) is 36.4 Å². The molecule has 1 unspecified atom stereocenters. The molecule has 0 saturated carbocycles. The third kappa shape index (κ3) is 1.92. The summed E-state index contributed by atoms with van der Waals surface area (Å²) < 4.78 is 10.9. The summed E-state index contributed by atoms with van der Waals surface area (Å²) in [6, 6.07) is 11.8. The topological polar surface area (TPSA) is 35.5 Å². The summed E-state index contributed by atoms with van der Waals surface area (Å²) in [6.45, 7) is 3.96. The van der Waals surface area contributed by atoms with E-state index in [1.54, 1.807) is 14.2 Å². The van der Waals surface area contributed by atoms with E-state index in [9.17, 15) is 4.79 Å². The fourth-order valence-electron chi connectivity index (χ4n) is 3.44. The van der Waals surface area contributed by atoms with Crippen LogP contribution in [-0.4, -0.2) is 20.0 Å². The van der Waals surface area contributed by atoms with E-state index in [1.807, 2.05) is 50.2 Å². The van der Waals surface area contributed by atoms with Crippen LogP contribution in [0.5, 0.6) is 11.5 Å². The van der Waals surface area contributed by atoms with Gasteiger partial charge in [-0.1, -0.05) is 30.3 Å². The average Bonchev–Trinajstić information content (AvgIpc) is 2.81. The van der Waals surface area contributed by atoms with Crippen molar-refractivity contribution in [1.82, 2.24) is 0 Å². The Labute approximate surface area is 130 Å². The van der Waals surface area contributed by atoms with Crippen LogP contribution in [0, 0.1) is 6.92 Å². The third-order valence-electron chi connectivity index (χ3n) is 4.64. The molecule has 0 spiro atoms. The lowest BCUT2D eigenvalue weighted by atomic mass is 9.79. The molecular formula is C19H20O3. The smallest absolute Gasteiger partial charge is 0.174 e. The first-order chi connectivity index (χ1) is 10.5. The highest BCUT2D eigenvalue weighted by molar-refractivity contribution is 6.10. The number of ether oxygens (including phenoxy) is 2. The van der Waals surface area contributed by atoms with Crippen LogP contribution in [0.1, 0.15) is 34.0 Å². The minimum atomic E-state index is -0.548. The van der Waals surface area contributed by atoms with E-state index in [-0.39, 0.29) is 5.78 Å². The van der Waals surface area contributed by atoms with E-state index >= 15 is 0 Å². The maximum absolute atomic E-state index is 13.1. The van der Waals surface area contributed by atoms with Gasteiger partial charge in [0.15, 0.2) is 17.3 Å². The Bertz CT molecular complexity index is 734. The second kappa shape index (κ2) is 5.16. The van der Waals surface area contributed by atoms with Gasteiger partial charge in [0.2, 0.25) is 0 Å². The summed E-state index contributed by atoms with van der Waals surface area (Å²) in [5.41, 5.74) is 3.17. The molecule has 0 bridgehead atoms. The van der Waals surface area contributed by atoms with Gasteiger partial charge in [-0.15, -0.1) is 0 Å². The highest BCUT2D eigenvalue weighted by Gasteiger charge is 2.45. The Morgan fingerprint density at radius 1 is 1.09 bits per heavy atom. The number of carbonyl (C=O) groups excluding carboxylic acids is 1. The van der Waals surface area contributed by atoms with Crippen molar-refractivity contribution in [3.63, 3.8) is 0 Å². The molecule has 0 fully saturated rings. The van der Waals surface area contributed by atoms with Gasteiger partial charge in [0.05, 0.1) is 19.6 Å². The van der Waals surface area contributed by atoms with Crippen molar-refractivity contribution in [2.45, 2.75) is 25.7 Å². The van der Waals surface area contributed by atoms with Gasteiger partial charge in [0, 0.05) is 11.1 Å². The number of methoxy groups -OCH3 is 2. The van der Waals surface area contributed by atoms with E-state index in [4.69, 9.17) is 9.47 Å². The second-order valence-corrected chi connectivity index (χ2v) is 5.99. The number of aryl methyl sites for hydroxylation is 1. The Kier molecular flexibility index (Phi) is 3.44. The lowest BCUT2D eigenvalue weighted by Gasteiger charge is -2.22. The molecule has 0 aliphatic heterocycles. The highest BCUT2D eigenvalue weighted by atomic mass is 16.5. The number of rotatable bonds is 3. The molecule has 2 aromatic carbocycles. The summed E-state index contributed by atoms with van der Waals surface area (Å²) in [5.74, 6) is 1.52. The molecule has 3 rings (SSSR count). The summed E-state index contributed by atoms with van der Waals surface area (Å²) in [5, 5.41) is 0. The number of hydrogen-bond donors (Lipinski definition) is 0. The molecule has 0 amide bonds. The number of Topliss-reactive ketones (excluding diaryl/α,β-unsaturated/α-hetero) is 1. The number of hydrogen-bond acceptors (Lipinski definition) is 3. The van der Waals surface area contributed by atoms with Crippen LogP contribution in [0.4, 0.5) is 0 Å². The van der Waals surface area contributed by atoms with Gasteiger partial charge in [-0.05, 0) is 37.5 Å². The van der Waals surface area contributed by atoms with Crippen molar-refractivity contribution in [3.05, 3.63) is 58.7 Å². The first-order valence-electron chi connectivity index (χ1n) is 7.37. The van der Waals surface area contributed by atoms with Crippen molar-refractivity contribution < 1.29 is 14.3 Å². The monoisotopic (exact) mass is 296 g/mol. The minimum absolute atomic E-state index is 0.159. The Morgan fingerprint density at radius 3 is 2.36 bits per heavy atom. The Balaban J connectivity index is 2.21. The van der Waals surface area contributed by atoms with Gasteiger partial charge >= 0.3 is 0 Å². The minimum Gasteiger partial charge on any atom is -0.493 e. The van der Waals surface area contributed by atoms with Gasteiger partial charge in [0.25, 0.3) is 0 Å². The van der Waals surface area contributed by atoms with Crippen molar-refractivity contribution in [1.29, 1.82) is 0 Å². The zero-order valence-corrected chi connectivity index (χ0v) is 13.4. The van der Waals surface area contributed by atoms with Gasteiger partial charge in [0.1, 0.15) is 0 Å². The first kappa shape index (κ1) is 14.6. The maximum Gasteiger partial charge on any atom is 0.174 e.